The molecule has 0 unspecified atom stereocenters. The minimum atomic E-state index is 0.00993. The molecule has 0 aliphatic rings. The fourth-order valence-corrected chi connectivity index (χ4v) is 3.34. The van der Waals surface area contributed by atoms with Crippen molar-refractivity contribution >= 4 is 16.8 Å². The highest BCUT2D eigenvalue weighted by atomic mass is 16.5. The van der Waals surface area contributed by atoms with E-state index in [2.05, 4.69) is 18.8 Å². The van der Waals surface area contributed by atoms with Crippen molar-refractivity contribution in [2.75, 3.05) is 20.3 Å². The van der Waals surface area contributed by atoms with E-state index in [9.17, 15) is 4.79 Å². The third-order valence-corrected chi connectivity index (χ3v) is 4.72. The first-order valence-electron chi connectivity index (χ1n) is 10.1. The largest absolute Gasteiger partial charge is 0.493 e. The van der Waals surface area contributed by atoms with E-state index >= 15 is 0 Å². The van der Waals surface area contributed by atoms with Crippen LogP contribution >= 0.6 is 0 Å². The van der Waals surface area contributed by atoms with Gasteiger partial charge in [0, 0.05) is 30.2 Å². The monoisotopic (exact) mass is 392 g/mol. The Bertz CT molecular complexity index is 966. The second-order valence-electron chi connectivity index (χ2n) is 6.94. The lowest BCUT2D eigenvalue weighted by molar-refractivity contribution is 0.0745. The number of benzene rings is 2. The molecular formula is C24H28N2O3. The van der Waals surface area contributed by atoms with Crippen LogP contribution in [-0.2, 0) is 6.54 Å². The number of aromatic nitrogens is 1. The van der Waals surface area contributed by atoms with Crippen molar-refractivity contribution in [3.8, 4) is 11.5 Å². The average molecular weight is 392 g/mol. The van der Waals surface area contributed by atoms with E-state index in [0.717, 1.165) is 35.1 Å². The zero-order chi connectivity index (χ0) is 20.6. The van der Waals surface area contributed by atoms with E-state index in [0.29, 0.717) is 31.0 Å². The molecule has 0 aliphatic carbocycles. The van der Waals surface area contributed by atoms with Crippen molar-refractivity contribution in [3.05, 3.63) is 65.9 Å². The van der Waals surface area contributed by atoms with Gasteiger partial charge in [0.15, 0.2) is 11.5 Å². The Labute approximate surface area is 172 Å². The van der Waals surface area contributed by atoms with Crippen LogP contribution in [0.5, 0.6) is 11.5 Å². The number of hydrogen-bond donors (Lipinski definition) is 0. The van der Waals surface area contributed by atoms with Crippen LogP contribution in [-0.4, -0.2) is 36.1 Å². The maximum Gasteiger partial charge on any atom is 0.254 e. The zero-order valence-electron chi connectivity index (χ0n) is 17.4. The van der Waals surface area contributed by atoms with Gasteiger partial charge in [0.25, 0.3) is 5.91 Å². The third-order valence-electron chi connectivity index (χ3n) is 4.72. The van der Waals surface area contributed by atoms with Crippen molar-refractivity contribution in [3.63, 3.8) is 0 Å². The molecule has 152 valence electrons. The van der Waals surface area contributed by atoms with Crippen LogP contribution < -0.4 is 9.47 Å². The Kier molecular flexibility index (Phi) is 7.06. The van der Waals surface area contributed by atoms with Crippen LogP contribution in [0.25, 0.3) is 10.9 Å². The van der Waals surface area contributed by atoms with E-state index in [1.807, 2.05) is 53.4 Å². The van der Waals surface area contributed by atoms with Gasteiger partial charge in [-0.05, 0) is 48.7 Å². The zero-order valence-corrected chi connectivity index (χ0v) is 17.4. The van der Waals surface area contributed by atoms with Crippen LogP contribution in [0.4, 0.5) is 0 Å². The van der Waals surface area contributed by atoms with Gasteiger partial charge >= 0.3 is 0 Å². The SMILES string of the molecule is CCCOc1ccc(CN(CCC)C(=O)c2cccc3ncccc23)cc1OC. The fraction of sp³-hybridized carbons (Fsp3) is 0.333. The molecule has 0 radical (unpaired) electrons. The molecule has 0 bridgehead atoms. The van der Waals surface area contributed by atoms with E-state index in [4.69, 9.17) is 9.47 Å². The fourth-order valence-electron chi connectivity index (χ4n) is 3.34. The maximum atomic E-state index is 13.4. The van der Waals surface area contributed by atoms with Crippen molar-refractivity contribution in [2.45, 2.75) is 33.2 Å². The van der Waals surface area contributed by atoms with Crippen molar-refractivity contribution < 1.29 is 14.3 Å². The molecule has 0 aliphatic heterocycles. The summed E-state index contributed by atoms with van der Waals surface area (Å²) in [6, 6.07) is 15.4. The summed E-state index contributed by atoms with van der Waals surface area (Å²) in [7, 11) is 1.63. The molecule has 2 aromatic carbocycles. The van der Waals surface area contributed by atoms with Crippen molar-refractivity contribution in [1.82, 2.24) is 9.88 Å². The molecule has 0 saturated heterocycles. The number of fused-ring (bicyclic) bond motifs is 1. The number of rotatable bonds is 9. The number of carbonyl (C=O) groups is 1. The van der Waals surface area contributed by atoms with E-state index in [1.54, 1.807) is 13.3 Å². The predicted octanol–water partition coefficient (Wildman–Crippen LogP) is 5.08. The minimum Gasteiger partial charge on any atom is -0.493 e. The molecule has 5 heteroatoms. The quantitative estimate of drug-likeness (QED) is 0.509. The first kappa shape index (κ1) is 20.6. The highest BCUT2D eigenvalue weighted by Crippen LogP contribution is 2.29. The Morgan fingerprint density at radius 3 is 2.66 bits per heavy atom. The van der Waals surface area contributed by atoms with E-state index in [-0.39, 0.29) is 5.91 Å². The summed E-state index contributed by atoms with van der Waals surface area (Å²) in [5.41, 5.74) is 2.51. The number of amides is 1. The summed E-state index contributed by atoms with van der Waals surface area (Å²) in [5, 5.41) is 0.877. The molecule has 0 atom stereocenters. The van der Waals surface area contributed by atoms with Crippen LogP contribution in [0.15, 0.2) is 54.7 Å². The second-order valence-corrected chi connectivity index (χ2v) is 6.94. The van der Waals surface area contributed by atoms with Gasteiger partial charge in [-0.1, -0.05) is 32.0 Å². The maximum absolute atomic E-state index is 13.4. The number of nitrogens with zero attached hydrogens (tertiary/aromatic N) is 2. The number of methoxy groups -OCH3 is 1. The Hall–Kier alpha value is -3.08. The highest BCUT2D eigenvalue weighted by molar-refractivity contribution is 6.06. The molecular weight excluding hydrogens is 364 g/mol. The number of carbonyl (C=O) groups excluding carboxylic acids is 1. The van der Waals surface area contributed by atoms with Crippen molar-refractivity contribution in [2.24, 2.45) is 0 Å². The van der Waals surface area contributed by atoms with Crippen LogP contribution in [0.1, 0.15) is 42.6 Å². The smallest absolute Gasteiger partial charge is 0.254 e. The molecule has 0 N–H and O–H groups in total. The highest BCUT2D eigenvalue weighted by Gasteiger charge is 2.19. The van der Waals surface area contributed by atoms with Gasteiger partial charge in [0.1, 0.15) is 0 Å². The molecule has 0 saturated carbocycles. The lowest BCUT2D eigenvalue weighted by atomic mass is 10.1. The second kappa shape index (κ2) is 9.92. The molecule has 1 heterocycles. The lowest BCUT2D eigenvalue weighted by Gasteiger charge is -2.23. The van der Waals surface area contributed by atoms with Gasteiger partial charge in [-0.3, -0.25) is 9.78 Å². The van der Waals surface area contributed by atoms with Gasteiger partial charge < -0.3 is 14.4 Å². The third kappa shape index (κ3) is 4.86. The van der Waals surface area contributed by atoms with Crippen LogP contribution in [0.2, 0.25) is 0 Å². The topological polar surface area (TPSA) is 51.7 Å². The number of ether oxygens (including phenoxy) is 2. The summed E-state index contributed by atoms with van der Waals surface area (Å²) in [5.74, 6) is 1.43. The summed E-state index contributed by atoms with van der Waals surface area (Å²) < 4.78 is 11.2. The normalized spacial score (nSPS) is 10.7. The van der Waals surface area contributed by atoms with Gasteiger partial charge in [0.05, 0.1) is 19.2 Å². The van der Waals surface area contributed by atoms with Gasteiger partial charge in [-0.25, -0.2) is 0 Å². The number of pyridine rings is 1. The summed E-state index contributed by atoms with van der Waals surface area (Å²) in [4.78, 5) is 19.6. The van der Waals surface area contributed by atoms with Crippen molar-refractivity contribution in [1.29, 1.82) is 0 Å². The molecule has 29 heavy (non-hydrogen) atoms. The first-order valence-corrected chi connectivity index (χ1v) is 10.1. The predicted molar refractivity (Wildman–Crippen MR) is 116 cm³/mol. The molecule has 0 fully saturated rings. The van der Waals surface area contributed by atoms with Gasteiger partial charge in [0.2, 0.25) is 0 Å². The Morgan fingerprint density at radius 1 is 1.03 bits per heavy atom. The summed E-state index contributed by atoms with van der Waals surface area (Å²) in [6.07, 6.45) is 3.56. The molecule has 5 nitrogen and oxygen atoms in total. The van der Waals surface area contributed by atoms with Gasteiger partial charge in [-0.2, -0.15) is 0 Å². The molecule has 3 aromatic rings. The Balaban J connectivity index is 1.87. The van der Waals surface area contributed by atoms with E-state index < -0.39 is 0 Å². The molecule has 1 aromatic heterocycles. The van der Waals surface area contributed by atoms with Gasteiger partial charge in [-0.15, -0.1) is 0 Å². The molecule has 1 amide bonds. The van der Waals surface area contributed by atoms with Crippen LogP contribution in [0.3, 0.4) is 0 Å². The van der Waals surface area contributed by atoms with E-state index in [1.165, 1.54) is 0 Å². The summed E-state index contributed by atoms with van der Waals surface area (Å²) >= 11 is 0. The first-order chi connectivity index (χ1) is 14.2. The average Bonchev–Trinajstić information content (AvgIpc) is 2.76. The Morgan fingerprint density at radius 2 is 1.90 bits per heavy atom. The lowest BCUT2D eigenvalue weighted by Crippen LogP contribution is -2.31. The standard InChI is InChI=1S/C24H28N2O3/c1-4-14-26(17-18-11-12-22(29-15-5-2)23(16-18)28-3)24(27)20-8-6-10-21-19(20)9-7-13-25-21/h6-13,16H,4-5,14-15,17H2,1-3H3. The minimum absolute atomic E-state index is 0.00993. The summed E-state index contributed by atoms with van der Waals surface area (Å²) in [6.45, 7) is 5.97. The number of hydrogen-bond acceptors (Lipinski definition) is 4. The molecule has 3 rings (SSSR count). The molecule has 0 spiro atoms. The van der Waals surface area contributed by atoms with Crippen LogP contribution in [0, 0.1) is 0 Å².